The van der Waals surface area contributed by atoms with Gasteiger partial charge in [-0.1, -0.05) is 6.07 Å². The summed E-state index contributed by atoms with van der Waals surface area (Å²) in [5, 5.41) is 0. The molecule has 0 radical (unpaired) electrons. The quantitative estimate of drug-likeness (QED) is 0.813. The average Bonchev–Trinajstić information content (AvgIpc) is 3.20. The maximum Gasteiger partial charge on any atom is 0.274 e. The first-order valence-electron chi connectivity index (χ1n) is 8.37. The van der Waals surface area contributed by atoms with Crippen molar-refractivity contribution in [2.75, 3.05) is 32.9 Å². The molecule has 2 fully saturated rings. The average molecular weight is 340 g/mol. The van der Waals surface area contributed by atoms with Crippen molar-refractivity contribution in [3.63, 3.8) is 0 Å². The van der Waals surface area contributed by atoms with E-state index in [1.807, 2.05) is 23.1 Å². The molecule has 4 heterocycles. The van der Waals surface area contributed by atoms with E-state index in [1.54, 1.807) is 18.6 Å². The van der Waals surface area contributed by atoms with E-state index in [-0.39, 0.29) is 17.2 Å². The fraction of sp³-hybridized carbons (Fsp3) is 0.444. The molecule has 4 rings (SSSR count). The smallest absolute Gasteiger partial charge is 0.274 e. The van der Waals surface area contributed by atoms with Crippen LogP contribution < -0.4 is 0 Å². The van der Waals surface area contributed by atoms with E-state index in [9.17, 15) is 4.79 Å². The van der Waals surface area contributed by atoms with Gasteiger partial charge in [0.2, 0.25) is 0 Å². The lowest BCUT2D eigenvalue weighted by Gasteiger charge is -2.26. The van der Waals surface area contributed by atoms with Crippen LogP contribution in [0.2, 0.25) is 0 Å². The molecule has 0 unspecified atom stereocenters. The summed E-state index contributed by atoms with van der Waals surface area (Å²) in [7, 11) is 0. The Labute approximate surface area is 146 Å². The van der Waals surface area contributed by atoms with Crippen molar-refractivity contribution in [2.24, 2.45) is 11.3 Å². The summed E-state index contributed by atoms with van der Waals surface area (Å²) >= 11 is 0. The Morgan fingerprint density at radius 3 is 3.08 bits per heavy atom. The van der Waals surface area contributed by atoms with E-state index in [4.69, 9.17) is 9.47 Å². The first-order valence-corrected chi connectivity index (χ1v) is 8.37. The normalized spacial score (nSPS) is 25.1. The molecule has 7 nitrogen and oxygen atoms in total. The Kier molecular flexibility index (Phi) is 4.42. The molecular formula is C18H20N4O3. The molecule has 0 saturated carbocycles. The van der Waals surface area contributed by atoms with Crippen molar-refractivity contribution in [2.45, 2.75) is 6.61 Å². The predicted molar refractivity (Wildman–Crippen MR) is 88.6 cm³/mol. The Bertz CT molecular complexity index is 728. The first-order chi connectivity index (χ1) is 12.3. The Balaban J connectivity index is 1.41. The molecule has 0 aliphatic carbocycles. The molecule has 0 bridgehead atoms. The highest BCUT2D eigenvalue weighted by atomic mass is 16.5. The summed E-state index contributed by atoms with van der Waals surface area (Å²) in [6, 6.07) is 5.77. The van der Waals surface area contributed by atoms with Crippen LogP contribution in [0, 0.1) is 11.3 Å². The molecule has 1 amide bonds. The van der Waals surface area contributed by atoms with Crippen molar-refractivity contribution in [3.05, 3.63) is 54.4 Å². The van der Waals surface area contributed by atoms with Crippen molar-refractivity contribution < 1.29 is 14.3 Å². The Hall–Kier alpha value is -2.38. The van der Waals surface area contributed by atoms with Gasteiger partial charge in [-0.3, -0.25) is 14.8 Å². The number of amides is 1. The summed E-state index contributed by atoms with van der Waals surface area (Å²) in [5.74, 6) is 0.212. The van der Waals surface area contributed by atoms with Gasteiger partial charge in [-0.05, 0) is 12.1 Å². The number of rotatable bonds is 5. The van der Waals surface area contributed by atoms with E-state index < -0.39 is 0 Å². The number of ether oxygens (including phenoxy) is 2. The summed E-state index contributed by atoms with van der Waals surface area (Å²) in [6.45, 7) is 3.59. The van der Waals surface area contributed by atoms with E-state index in [2.05, 4.69) is 15.0 Å². The molecule has 0 spiro atoms. The zero-order valence-electron chi connectivity index (χ0n) is 13.9. The maximum atomic E-state index is 12.6. The topological polar surface area (TPSA) is 77.4 Å². The minimum Gasteiger partial charge on any atom is -0.380 e. The molecule has 25 heavy (non-hydrogen) atoms. The Morgan fingerprint density at radius 1 is 1.32 bits per heavy atom. The van der Waals surface area contributed by atoms with Gasteiger partial charge in [-0.15, -0.1) is 0 Å². The number of carbonyl (C=O) groups is 1. The monoisotopic (exact) mass is 340 g/mol. The second-order valence-corrected chi connectivity index (χ2v) is 6.66. The van der Waals surface area contributed by atoms with Crippen LogP contribution in [-0.4, -0.2) is 58.7 Å². The molecule has 0 aromatic carbocycles. The predicted octanol–water partition coefficient (Wildman–Crippen LogP) is 1.18. The van der Waals surface area contributed by atoms with Gasteiger partial charge in [-0.25, -0.2) is 4.98 Å². The summed E-state index contributed by atoms with van der Waals surface area (Å²) < 4.78 is 11.6. The van der Waals surface area contributed by atoms with Gasteiger partial charge in [0.1, 0.15) is 5.69 Å². The second-order valence-electron chi connectivity index (χ2n) is 6.66. The molecule has 130 valence electrons. The van der Waals surface area contributed by atoms with Gasteiger partial charge in [0.15, 0.2) is 0 Å². The third-order valence-corrected chi connectivity index (χ3v) is 4.96. The number of pyridine rings is 1. The van der Waals surface area contributed by atoms with Crippen molar-refractivity contribution in [3.8, 4) is 0 Å². The maximum absolute atomic E-state index is 12.6. The van der Waals surface area contributed by atoms with Crippen molar-refractivity contribution in [1.82, 2.24) is 19.9 Å². The highest BCUT2D eigenvalue weighted by Gasteiger charge is 2.52. The van der Waals surface area contributed by atoms with Crippen molar-refractivity contribution in [1.29, 1.82) is 0 Å². The third kappa shape index (κ3) is 3.25. The molecule has 2 aromatic rings. The van der Waals surface area contributed by atoms with Gasteiger partial charge in [0.25, 0.3) is 5.91 Å². The van der Waals surface area contributed by atoms with Gasteiger partial charge >= 0.3 is 0 Å². The third-order valence-electron chi connectivity index (χ3n) is 4.96. The van der Waals surface area contributed by atoms with Gasteiger partial charge < -0.3 is 14.4 Å². The van der Waals surface area contributed by atoms with Crippen LogP contribution in [0.15, 0.2) is 43.0 Å². The molecule has 2 atom stereocenters. The fourth-order valence-electron chi connectivity index (χ4n) is 3.60. The molecule has 2 aliphatic heterocycles. The van der Waals surface area contributed by atoms with Crippen LogP contribution in [0.4, 0.5) is 0 Å². The highest BCUT2D eigenvalue weighted by molar-refractivity contribution is 5.92. The van der Waals surface area contributed by atoms with E-state index >= 15 is 0 Å². The van der Waals surface area contributed by atoms with E-state index in [1.165, 1.54) is 6.20 Å². The molecule has 2 aromatic heterocycles. The standard InChI is InChI=1S/C18H20N4O3/c23-17(16-7-19-5-6-21-16)22-8-14-9-24-12-18(14,11-22)13-25-10-15-3-1-2-4-20-15/h1-7,14H,8-13H2/t14-,18+/m1/s1. The van der Waals surface area contributed by atoms with E-state index in [0.29, 0.717) is 45.2 Å². The van der Waals surface area contributed by atoms with Crippen LogP contribution in [0.3, 0.4) is 0 Å². The van der Waals surface area contributed by atoms with Crippen LogP contribution in [0.1, 0.15) is 16.2 Å². The van der Waals surface area contributed by atoms with Crippen LogP contribution >= 0.6 is 0 Å². The van der Waals surface area contributed by atoms with Crippen LogP contribution in [0.25, 0.3) is 0 Å². The number of nitrogens with zero attached hydrogens (tertiary/aromatic N) is 4. The summed E-state index contributed by atoms with van der Waals surface area (Å²) in [6.07, 6.45) is 6.38. The number of carbonyl (C=O) groups excluding carboxylic acids is 1. The number of aromatic nitrogens is 3. The molecule has 0 N–H and O–H groups in total. The Morgan fingerprint density at radius 2 is 2.28 bits per heavy atom. The zero-order valence-corrected chi connectivity index (χ0v) is 13.9. The fourth-order valence-corrected chi connectivity index (χ4v) is 3.60. The van der Waals surface area contributed by atoms with Crippen LogP contribution in [0.5, 0.6) is 0 Å². The number of hydrogen-bond acceptors (Lipinski definition) is 6. The van der Waals surface area contributed by atoms with Gasteiger partial charge in [0, 0.05) is 43.0 Å². The molecule has 7 heteroatoms. The molecule has 2 aliphatic rings. The number of likely N-dealkylation sites (tertiary alicyclic amines) is 1. The largest absolute Gasteiger partial charge is 0.380 e. The second kappa shape index (κ2) is 6.85. The minimum atomic E-state index is -0.146. The summed E-state index contributed by atoms with van der Waals surface area (Å²) in [5.41, 5.74) is 1.14. The van der Waals surface area contributed by atoms with Gasteiger partial charge in [0.05, 0.1) is 38.3 Å². The van der Waals surface area contributed by atoms with Crippen molar-refractivity contribution >= 4 is 5.91 Å². The molecule has 2 saturated heterocycles. The lowest BCUT2D eigenvalue weighted by atomic mass is 9.82. The lowest BCUT2D eigenvalue weighted by molar-refractivity contribution is 0.0174. The van der Waals surface area contributed by atoms with E-state index in [0.717, 1.165) is 5.69 Å². The SMILES string of the molecule is O=C(c1cnccn1)N1C[C@@H]2COC[C@]2(COCc2ccccn2)C1. The minimum absolute atomic E-state index is 0.0772. The lowest BCUT2D eigenvalue weighted by Crippen LogP contribution is -2.37. The van der Waals surface area contributed by atoms with Crippen LogP contribution in [-0.2, 0) is 16.1 Å². The number of fused-ring (bicyclic) bond motifs is 1. The van der Waals surface area contributed by atoms with Gasteiger partial charge in [-0.2, -0.15) is 0 Å². The zero-order chi connectivity index (χ0) is 17.1. The summed E-state index contributed by atoms with van der Waals surface area (Å²) in [4.78, 5) is 26.9. The highest BCUT2D eigenvalue weighted by Crippen LogP contribution is 2.42. The molecular weight excluding hydrogens is 320 g/mol. The first kappa shape index (κ1) is 16.1. The number of hydrogen-bond donors (Lipinski definition) is 0.